The second-order valence-electron chi connectivity index (χ2n) is 2.35. The lowest BCUT2D eigenvalue weighted by Gasteiger charge is -2.07. The second-order valence-corrected chi connectivity index (χ2v) is 3.57. The summed E-state index contributed by atoms with van der Waals surface area (Å²) in [5.74, 6) is 0.210. The molecule has 0 saturated heterocycles. The van der Waals surface area contributed by atoms with Crippen molar-refractivity contribution in [3.63, 3.8) is 0 Å². The molecule has 1 nitrogen and oxygen atoms in total. The van der Waals surface area contributed by atoms with Crippen LogP contribution in [0.25, 0.3) is 0 Å². The zero-order chi connectivity index (χ0) is 8.27. The van der Waals surface area contributed by atoms with Crippen LogP contribution in [0.5, 0.6) is 0 Å². The van der Waals surface area contributed by atoms with E-state index >= 15 is 0 Å². The normalized spacial score (nSPS) is 12.5. The van der Waals surface area contributed by atoms with Crippen molar-refractivity contribution in [2.45, 2.75) is 12.8 Å². The smallest absolute Gasteiger partial charge is 0.0520 e. The van der Waals surface area contributed by atoms with Crippen molar-refractivity contribution in [1.29, 1.82) is 0 Å². The summed E-state index contributed by atoms with van der Waals surface area (Å²) in [6.45, 7) is 2.02. The Bertz CT molecular complexity index is 246. The average molecular weight is 183 g/mol. The standard InChI is InChI=1S/C8H9NS2/c1-6(8(10)11)7-3-2-4-9-5-7/h2-6H,1H3,(H,10,11). The zero-order valence-electron chi connectivity index (χ0n) is 6.19. The van der Waals surface area contributed by atoms with E-state index in [-0.39, 0.29) is 5.92 Å². The minimum absolute atomic E-state index is 0.210. The molecule has 0 aliphatic rings. The number of hydrogen-bond donors (Lipinski definition) is 1. The van der Waals surface area contributed by atoms with Crippen molar-refractivity contribution in [1.82, 2.24) is 4.98 Å². The van der Waals surface area contributed by atoms with Gasteiger partial charge in [0.15, 0.2) is 0 Å². The Morgan fingerprint density at radius 1 is 1.73 bits per heavy atom. The first-order valence-electron chi connectivity index (χ1n) is 3.34. The van der Waals surface area contributed by atoms with Gasteiger partial charge in [-0.25, -0.2) is 0 Å². The van der Waals surface area contributed by atoms with Crippen LogP contribution >= 0.6 is 24.8 Å². The maximum Gasteiger partial charge on any atom is 0.0520 e. The SMILES string of the molecule is CC(C(=S)S)c1cccnc1. The molecule has 0 saturated carbocycles. The van der Waals surface area contributed by atoms with Crippen molar-refractivity contribution < 1.29 is 0 Å². The summed E-state index contributed by atoms with van der Waals surface area (Å²) in [6.07, 6.45) is 3.56. The highest BCUT2D eigenvalue weighted by Gasteiger charge is 2.06. The lowest BCUT2D eigenvalue weighted by atomic mass is 10.1. The molecular weight excluding hydrogens is 174 g/mol. The molecule has 3 heteroatoms. The van der Waals surface area contributed by atoms with Gasteiger partial charge >= 0.3 is 0 Å². The Kier molecular flexibility index (Phi) is 3.02. The van der Waals surface area contributed by atoms with E-state index in [4.69, 9.17) is 12.2 Å². The van der Waals surface area contributed by atoms with Gasteiger partial charge in [0.05, 0.1) is 4.20 Å². The van der Waals surface area contributed by atoms with Gasteiger partial charge < -0.3 is 0 Å². The summed E-state index contributed by atoms with van der Waals surface area (Å²) < 4.78 is 0.706. The predicted octanol–water partition coefficient (Wildman–Crippen LogP) is 2.44. The third kappa shape index (κ3) is 2.27. The van der Waals surface area contributed by atoms with E-state index in [1.165, 1.54) is 0 Å². The zero-order valence-corrected chi connectivity index (χ0v) is 7.90. The van der Waals surface area contributed by atoms with Crippen LogP contribution in [0.4, 0.5) is 0 Å². The molecule has 1 atom stereocenters. The molecule has 1 rings (SSSR count). The molecule has 0 aromatic carbocycles. The fraction of sp³-hybridized carbons (Fsp3) is 0.250. The third-order valence-electron chi connectivity index (χ3n) is 1.55. The fourth-order valence-corrected chi connectivity index (χ4v) is 1.06. The summed E-state index contributed by atoms with van der Waals surface area (Å²) in [5.41, 5.74) is 1.12. The quantitative estimate of drug-likeness (QED) is 0.558. The predicted molar refractivity (Wildman–Crippen MR) is 54.2 cm³/mol. The summed E-state index contributed by atoms with van der Waals surface area (Å²) >= 11 is 9.04. The molecule has 0 N–H and O–H groups in total. The first-order chi connectivity index (χ1) is 5.22. The molecule has 0 fully saturated rings. The Morgan fingerprint density at radius 3 is 2.91 bits per heavy atom. The fourth-order valence-electron chi connectivity index (χ4n) is 0.775. The van der Waals surface area contributed by atoms with E-state index in [1.54, 1.807) is 6.20 Å². The average Bonchev–Trinajstić information content (AvgIpc) is 2.05. The number of thiocarbonyl (C=S) groups is 1. The molecule has 0 aliphatic carbocycles. The monoisotopic (exact) mass is 183 g/mol. The van der Waals surface area contributed by atoms with Gasteiger partial charge in [0.25, 0.3) is 0 Å². The highest BCUT2D eigenvalue weighted by Crippen LogP contribution is 2.16. The molecule has 0 spiro atoms. The molecule has 1 aromatic rings. The largest absolute Gasteiger partial charge is 0.264 e. The van der Waals surface area contributed by atoms with Gasteiger partial charge in [-0.15, -0.1) is 12.6 Å². The number of rotatable bonds is 2. The molecule has 0 radical (unpaired) electrons. The van der Waals surface area contributed by atoms with Gasteiger partial charge in [-0.1, -0.05) is 25.2 Å². The van der Waals surface area contributed by atoms with Crippen molar-refractivity contribution in [3.8, 4) is 0 Å². The van der Waals surface area contributed by atoms with Gasteiger partial charge in [0.2, 0.25) is 0 Å². The van der Waals surface area contributed by atoms with E-state index in [0.717, 1.165) is 5.56 Å². The van der Waals surface area contributed by atoms with Gasteiger partial charge in [0, 0.05) is 18.3 Å². The number of nitrogens with zero attached hydrogens (tertiary/aromatic N) is 1. The van der Waals surface area contributed by atoms with Gasteiger partial charge in [-0.3, -0.25) is 4.98 Å². The molecule has 0 aliphatic heterocycles. The molecular formula is C8H9NS2. The number of pyridine rings is 1. The highest BCUT2D eigenvalue weighted by molar-refractivity contribution is 8.11. The minimum Gasteiger partial charge on any atom is -0.264 e. The van der Waals surface area contributed by atoms with E-state index in [1.807, 2.05) is 25.3 Å². The topological polar surface area (TPSA) is 12.9 Å². The number of thiol groups is 1. The molecule has 1 unspecified atom stereocenters. The van der Waals surface area contributed by atoms with Crippen LogP contribution in [-0.4, -0.2) is 9.18 Å². The Hall–Kier alpha value is -0.410. The van der Waals surface area contributed by atoms with E-state index < -0.39 is 0 Å². The molecule has 11 heavy (non-hydrogen) atoms. The Labute approximate surface area is 77.3 Å². The van der Waals surface area contributed by atoms with Crippen molar-refractivity contribution in [3.05, 3.63) is 30.1 Å². The van der Waals surface area contributed by atoms with Crippen molar-refractivity contribution >= 4 is 29.0 Å². The first kappa shape index (κ1) is 8.68. The van der Waals surface area contributed by atoms with Gasteiger partial charge in [-0.05, 0) is 11.6 Å². The molecule has 1 heterocycles. The van der Waals surface area contributed by atoms with Crippen molar-refractivity contribution in [2.24, 2.45) is 0 Å². The van der Waals surface area contributed by atoms with E-state index in [2.05, 4.69) is 17.6 Å². The van der Waals surface area contributed by atoms with E-state index in [9.17, 15) is 0 Å². The Balaban J connectivity index is 2.85. The summed E-state index contributed by atoms with van der Waals surface area (Å²) in [7, 11) is 0. The minimum atomic E-state index is 0.210. The summed E-state index contributed by atoms with van der Waals surface area (Å²) in [5, 5.41) is 0. The van der Waals surface area contributed by atoms with Gasteiger partial charge in [-0.2, -0.15) is 0 Å². The van der Waals surface area contributed by atoms with Crippen LogP contribution in [0.1, 0.15) is 18.4 Å². The maximum absolute atomic E-state index is 4.94. The number of hydrogen-bond acceptors (Lipinski definition) is 2. The number of aromatic nitrogens is 1. The van der Waals surface area contributed by atoms with Crippen LogP contribution in [0.2, 0.25) is 0 Å². The van der Waals surface area contributed by atoms with Crippen LogP contribution in [-0.2, 0) is 0 Å². The van der Waals surface area contributed by atoms with Crippen LogP contribution in [0.15, 0.2) is 24.5 Å². The second kappa shape index (κ2) is 3.83. The van der Waals surface area contributed by atoms with Crippen LogP contribution < -0.4 is 0 Å². The lowest BCUT2D eigenvalue weighted by molar-refractivity contribution is 1.03. The molecule has 0 amide bonds. The molecule has 1 aromatic heterocycles. The van der Waals surface area contributed by atoms with Gasteiger partial charge in [0.1, 0.15) is 0 Å². The summed E-state index contributed by atoms with van der Waals surface area (Å²) in [4.78, 5) is 3.99. The molecule has 0 bridgehead atoms. The summed E-state index contributed by atoms with van der Waals surface area (Å²) in [6, 6.07) is 3.90. The Morgan fingerprint density at radius 2 is 2.45 bits per heavy atom. The highest BCUT2D eigenvalue weighted by atomic mass is 32.1. The first-order valence-corrected chi connectivity index (χ1v) is 4.20. The maximum atomic E-state index is 4.94. The third-order valence-corrected chi connectivity index (χ3v) is 2.30. The van der Waals surface area contributed by atoms with Crippen LogP contribution in [0.3, 0.4) is 0 Å². The lowest BCUT2D eigenvalue weighted by Crippen LogP contribution is -1.99. The van der Waals surface area contributed by atoms with E-state index in [0.29, 0.717) is 4.20 Å². The van der Waals surface area contributed by atoms with Crippen molar-refractivity contribution in [2.75, 3.05) is 0 Å². The molecule has 58 valence electrons. The van der Waals surface area contributed by atoms with Crippen LogP contribution in [0, 0.1) is 0 Å².